The third-order valence-electron chi connectivity index (χ3n) is 1.14. The number of rotatable bonds is 2. The van der Waals surface area contributed by atoms with Gasteiger partial charge in [-0.15, -0.1) is 0 Å². The van der Waals surface area contributed by atoms with E-state index < -0.39 is 0 Å². The van der Waals surface area contributed by atoms with E-state index in [2.05, 4.69) is 4.99 Å². The quantitative estimate of drug-likeness (QED) is 0.512. The van der Waals surface area contributed by atoms with E-state index in [4.69, 9.17) is 0 Å². The van der Waals surface area contributed by atoms with Crippen LogP contribution in [0.2, 0.25) is 0 Å². The molecule has 0 fully saturated rings. The highest BCUT2D eigenvalue weighted by Gasteiger charge is 2.14. The Bertz CT molecular complexity index is 144. The van der Waals surface area contributed by atoms with Crippen molar-refractivity contribution in [2.45, 2.75) is 0 Å². The highest BCUT2D eigenvalue weighted by molar-refractivity contribution is 5.90. The normalized spacial score (nSPS) is 17.4. The first-order valence-electron chi connectivity index (χ1n) is 2.74. The van der Waals surface area contributed by atoms with Crippen LogP contribution in [-0.4, -0.2) is 36.8 Å². The summed E-state index contributed by atoms with van der Waals surface area (Å²) in [5.41, 5.74) is 0. The van der Waals surface area contributed by atoms with Crippen molar-refractivity contribution in [3.05, 3.63) is 0 Å². The summed E-state index contributed by atoms with van der Waals surface area (Å²) >= 11 is 0. The molecule has 0 spiro atoms. The van der Waals surface area contributed by atoms with Crippen molar-refractivity contribution in [3.8, 4) is 0 Å². The first-order valence-corrected chi connectivity index (χ1v) is 2.74. The van der Waals surface area contributed by atoms with Crippen LogP contribution >= 0.6 is 0 Å². The van der Waals surface area contributed by atoms with E-state index >= 15 is 0 Å². The molecule has 0 aromatic heterocycles. The summed E-state index contributed by atoms with van der Waals surface area (Å²) in [4.78, 5) is 15.4. The van der Waals surface area contributed by atoms with Crippen LogP contribution in [-0.2, 0) is 5.11 Å². The molecule has 0 N–H and O–H groups in total. The monoisotopic (exact) mass is 127 g/mol. The molecule has 0 aromatic carbocycles. The van der Waals surface area contributed by atoms with Crippen LogP contribution < -0.4 is 0 Å². The molecular formula is C5H7N2O2. The molecule has 1 rings (SSSR count). The number of carbonyl (C=O) groups is 1. The minimum atomic E-state index is -0.286. The molecule has 0 aromatic rings. The average Bonchev–Trinajstić information content (AvgIpc) is 2.18. The Morgan fingerprint density at radius 1 is 1.78 bits per heavy atom. The summed E-state index contributed by atoms with van der Waals surface area (Å²) in [5.74, 6) is 0. The van der Waals surface area contributed by atoms with Crippen LogP contribution in [0.1, 0.15) is 0 Å². The molecule has 1 radical (unpaired) electrons. The molecule has 1 heterocycles. The van der Waals surface area contributed by atoms with E-state index in [9.17, 15) is 9.90 Å². The molecule has 1 aliphatic heterocycles. The van der Waals surface area contributed by atoms with Gasteiger partial charge >= 0.3 is 6.03 Å². The lowest BCUT2D eigenvalue weighted by atomic mass is 10.5. The zero-order chi connectivity index (χ0) is 6.69. The molecule has 1 aliphatic rings. The number of urea groups is 1. The number of hydrogen-bond donors (Lipinski definition) is 0. The van der Waals surface area contributed by atoms with Crippen LogP contribution in [0.4, 0.5) is 4.79 Å². The summed E-state index contributed by atoms with van der Waals surface area (Å²) in [6, 6.07) is -0.286. The minimum Gasteiger partial charge on any atom is -0.315 e. The third-order valence-corrected chi connectivity index (χ3v) is 1.14. The van der Waals surface area contributed by atoms with Gasteiger partial charge in [0.1, 0.15) is 0 Å². The molecule has 0 saturated heterocycles. The molecule has 0 bridgehead atoms. The lowest BCUT2D eigenvalue weighted by Crippen LogP contribution is -2.27. The molecule has 0 atom stereocenters. The molecular weight excluding hydrogens is 120 g/mol. The Morgan fingerprint density at radius 2 is 2.56 bits per heavy atom. The van der Waals surface area contributed by atoms with Crippen molar-refractivity contribution in [3.63, 3.8) is 0 Å². The van der Waals surface area contributed by atoms with Gasteiger partial charge in [-0.05, 0) is 0 Å². The van der Waals surface area contributed by atoms with E-state index in [-0.39, 0.29) is 19.2 Å². The number of aliphatic imine (C=N–C) groups is 1. The van der Waals surface area contributed by atoms with Gasteiger partial charge in [0.05, 0.1) is 13.2 Å². The molecule has 4 nitrogen and oxygen atoms in total. The summed E-state index contributed by atoms with van der Waals surface area (Å²) in [5, 5.41) is 9.98. The van der Waals surface area contributed by atoms with Gasteiger partial charge in [0.2, 0.25) is 0 Å². The maximum atomic E-state index is 10.6. The maximum absolute atomic E-state index is 10.6. The van der Waals surface area contributed by atoms with Crippen molar-refractivity contribution < 1.29 is 9.90 Å². The predicted octanol–water partition coefficient (Wildman–Crippen LogP) is -0.0767. The van der Waals surface area contributed by atoms with E-state index in [1.54, 1.807) is 0 Å². The molecule has 2 amide bonds. The Morgan fingerprint density at radius 3 is 3.00 bits per heavy atom. The van der Waals surface area contributed by atoms with Crippen molar-refractivity contribution in [2.75, 3.05) is 19.7 Å². The lowest BCUT2D eigenvalue weighted by molar-refractivity contribution is 0.156. The summed E-state index contributed by atoms with van der Waals surface area (Å²) in [7, 11) is 0. The first kappa shape index (κ1) is 6.22. The lowest BCUT2D eigenvalue weighted by Gasteiger charge is -2.09. The molecule has 0 aliphatic carbocycles. The van der Waals surface area contributed by atoms with Gasteiger partial charge in [0.25, 0.3) is 0 Å². The topological polar surface area (TPSA) is 52.6 Å². The molecule has 9 heavy (non-hydrogen) atoms. The zero-order valence-electron chi connectivity index (χ0n) is 4.91. The second-order valence-corrected chi connectivity index (χ2v) is 1.74. The Balaban J connectivity index is 2.37. The molecule has 0 saturated carbocycles. The Kier molecular flexibility index (Phi) is 1.79. The van der Waals surface area contributed by atoms with Crippen molar-refractivity contribution in [2.24, 2.45) is 4.99 Å². The fourth-order valence-corrected chi connectivity index (χ4v) is 0.674. The SMILES string of the molecule is [O]CCN1CC=NC1=O. The van der Waals surface area contributed by atoms with Gasteiger partial charge in [-0.2, -0.15) is 0 Å². The van der Waals surface area contributed by atoms with Gasteiger partial charge in [-0.25, -0.2) is 14.9 Å². The largest absolute Gasteiger partial charge is 0.343 e. The van der Waals surface area contributed by atoms with E-state index in [0.717, 1.165) is 0 Å². The third kappa shape index (κ3) is 1.26. The van der Waals surface area contributed by atoms with E-state index in [1.807, 2.05) is 0 Å². The number of amides is 2. The Labute approximate surface area is 52.8 Å². The van der Waals surface area contributed by atoms with Crippen molar-refractivity contribution >= 4 is 12.2 Å². The standard InChI is InChI=1S/C5H7N2O2/c8-4-3-7-2-1-6-5(7)9/h1H,2-4H2. The van der Waals surface area contributed by atoms with E-state index in [0.29, 0.717) is 6.54 Å². The zero-order valence-corrected chi connectivity index (χ0v) is 4.91. The fourth-order valence-electron chi connectivity index (χ4n) is 0.674. The summed E-state index contributed by atoms with van der Waals surface area (Å²) in [6.45, 7) is 0.537. The highest BCUT2D eigenvalue weighted by Crippen LogP contribution is 1.96. The second-order valence-electron chi connectivity index (χ2n) is 1.74. The van der Waals surface area contributed by atoms with Crippen LogP contribution in [0.25, 0.3) is 0 Å². The second kappa shape index (κ2) is 2.59. The highest BCUT2D eigenvalue weighted by atomic mass is 16.3. The minimum absolute atomic E-state index is 0.241. The molecule has 4 heteroatoms. The Hall–Kier alpha value is -0.900. The first-order chi connectivity index (χ1) is 4.34. The predicted molar refractivity (Wildman–Crippen MR) is 31.0 cm³/mol. The van der Waals surface area contributed by atoms with Gasteiger partial charge in [-0.1, -0.05) is 0 Å². The van der Waals surface area contributed by atoms with Gasteiger partial charge in [0, 0.05) is 12.8 Å². The molecule has 0 unspecified atom stereocenters. The van der Waals surface area contributed by atoms with Crippen LogP contribution in [0.15, 0.2) is 4.99 Å². The van der Waals surface area contributed by atoms with Crippen molar-refractivity contribution in [1.82, 2.24) is 4.90 Å². The van der Waals surface area contributed by atoms with Gasteiger partial charge < -0.3 is 4.90 Å². The van der Waals surface area contributed by atoms with E-state index in [1.165, 1.54) is 11.1 Å². The van der Waals surface area contributed by atoms with Crippen molar-refractivity contribution in [1.29, 1.82) is 0 Å². The van der Waals surface area contributed by atoms with Crippen LogP contribution in [0, 0.1) is 0 Å². The summed E-state index contributed by atoms with van der Waals surface area (Å²) < 4.78 is 0. The summed E-state index contributed by atoms with van der Waals surface area (Å²) in [6.07, 6.45) is 1.51. The van der Waals surface area contributed by atoms with Crippen LogP contribution in [0.3, 0.4) is 0 Å². The smallest absolute Gasteiger partial charge is 0.315 e. The fraction of sp³-hybridized carbons (Fsp3) is 0.600. The number of hydrogen-bond acceptors (Lipinski definition) is 1. The van der Waals surface area contributed by atoms with Gasteiger partial charge in [-0.3, -0.25) is 0 Å². The van der Waals surface area contributed by atoms with Crippen LogP contribution in [0.5, 0.6) is 0 Å². The average molecular weight is 127 g/mol. The maximum Gasteiger partial charge on any atom is 0.343 e. The number of nitrogens with zero attached hydrogens (tertiary/aromatic N) is 2. The number of carbonyl (C=O) groups excluding carboxylic acids is 1. The molecule has 49 valence electrons. The van der Waals surface area contributed by atoms with Gasteiger partial charge in [0.15, 0.2) is 0 Å².